The average molecular weight is 156 g/mol. The van der Waals surface area contributed by atoms with E-state index < -0.39 is 0 Å². The van der Waals surface area contributed by atoms with E-state index in [0.717, 1.165) is 25.3 Å². The minimum atomic E-state index is 0.871. The summed E-state index contributed by atoms with van der Waals surface area (Å²) in [5.74, 6) is 0.871. The summed E-state index contributed by atoms with van der Waals surface area (Å²) in [7, 11) is 1.95. The Bertz CT molecular complexity index is 159. The molecule has 0 rings (SSSR count). The number of hydrogen-bond acceptors (Lipinski definition) is 1. The van der Waals surface area contributed by atoms with Crippen molar-refractivity contribution < 1.29 is 4.70 Å². The second-order valence-electron chi connectivity index (χ2n) is 2.50. The lowest BCUT2D eigenvalue weighted by Crippen LogP contribution is -2.04. The molecule has 11 heavy (non-hydrogen) atoms. The van der Waals surface area contributed by atoms with Gasteiger partial charge in [0.1, 0.15) is 0 Å². The zero-order valence-electron chi connectivity index (χ0n) is 7.96. The fourth-order valence-electron chi connectivity index (χ4n) is 0.623. The van der Waals surface area contributed by atoms with E-state index in [4.69, 9.17) is 0 Å². The summed E-state index contributed by atoms with van der Waals surface area (Å²) in [6.07, 6.45) is 1.09. The molecule has 0 unspecified atom stereocenters. The van der Waals surface area contributed by atoms with Gasteiger partial charge in [0.15, 0.2) is 19.4 Å². The summed E-state index contributed by atoms with van der Waals surface area (Å²) in [6.45, 7) is 7.92. The molecule has 0 heterocycles. The molecule has 0 saturated heterocycles. The van der Waals surface area contributed by atoms with E-state index in [-0.39, 0.29) is 0 Å². The number of hydrogen-bond donors (Lipinski definition) is 0. The molecule has 3 heteroatoms. The van der Waals surface area contributed by atoms with E-state index in [1.54, 1.807) is 0 Å². The van der Waals surface area contributed by atoms with Crippen molar-refractivity contribution in [2.75, 3.05) is 20.1 Å². The highest BCUT2D eigenvalue weighted by molar-refractivity contribution is 5.79. The molecule has 0 aromatic carbocycles. The Morgan fingerprint density at radius 1 is 1.36 bits per heavy atom. The van der Waals surface area contributed by atoms with Crippen LogP contribution in [0.5, 0.6) is 0 Å². The summed E-state index contributed by atoms with van der Waals surface area (Å²) < 4.78 is 1.88. The molecular weight excluding hydrogens is 138 g/mol. The Morgan fingerprint density at radius 2 is 2.00 bits per heavy atom. The minimum Gasteiger partial charge on any atom is -0.266 e. The number of amidine groups is 1. The Morgan fingerprint density at radius 3 is 2.45 bits per heavy atom. The topological polar surface area (TPSA) is 27.7 Å². The first kappa shape index (κ1) is 10.3. The van der Waals surface area contributed by atoms with Crippen LogP contribution < -0.4 is 0 Å². The van der Waals surface area contributed by atoms with Crippen LogP contribution in [0, 0.1) is 0 Å². The van der Waals surface area contributed by atoms with Crippen molar-refractivity contribution >= 4 is 5.84 Å². The highest BCUT2D eigenvalue weighted by Crippen LogP contribution is 1.84. The van der Waals surface area contributed by atoms with Crippen LogP contribution in [0.15, 0.2) is 10.1 Å². The molecule has 64 valence electrons. The van der Waals surface area contributed by atoms with Crippen LogP contribution in [0.4, 0.5) is 0 Å². The standard InChI is InChI=1S/C8H18N3/c1-5-7-9-8(3)10-11(4)6-2/h5-7H2,1-4H3/q+1. The maximum atomic E-state index is 4.24. The number of rotatable bonds is 3. The van der Waals surface area contributed by atoms with Crippen LogP contribution in [0.2, 0.25) is 0 Å². The molecule has 0 fully saturated rings. The lowest BCUT2D eigenvalue weighted by Gasteiger charge is -1.89. The molecule has 0 saturated carbocycles. The maximum absolute atomic E-state index is 4.24. The third-order valence-corrected chi connectivity index (χ3v) is 1.34. The van der Waals surface area contributed by atoms with Gasteiger partial charge < -0.3 is 0 Å². The van der Waals surface area contributed by atoms with E-state index in [0.29, 0.717) is 0 Å². The summed E-state index contributed by atoms with van der Waals surface area (Å²) >= 11 is 0. The van der Waals surface area contributed by atoms with Gasteiger partial charge >= 0.3 is 0 Å². The number of aliphatic imine (C=N–C) groups is 1. The summed E-state index contributed by atoms with van der Waals surface area (Å²) in [5, 5.41) is 4.22. The molecule has 3 nitrogen and oxygen atoms in total. The Balaban J connectivity index is 3.93. The number of azo groups is 2. The van der Waals surface area contributed by atoms with Crippen molar-refractivity contribution in [3.05, 3.63) is 0 Å². The second kappa shape index (κ2) is 6.01. The molecule has 0 aromatic rings. The molecular formula is C8H18N3+. The van der Waals surface area contributed by atoms with Gasteiger partial charge in [0.05, 0.1) is 0 Å². The van der Waals surface area contributed by atoms with Crippen LogP contribution in [-0.2, 0) is 0 Å². The smallest absolute Gasteiger partial charge is 0.187 e. The van der Waals surface area contributed by atoms with Gasteiger partial charge in [0, 0.05) is 18.6 Å². The third kappa shape index (κ3) is 5.70. The van der Waals surface area contributed by atoms with E-state index in [9.17, 15) is 0 Å². The van der Waals surface area contributed by atoms with Gasteiger partial charge in [-0.25, -0.2) is 0 Å². The molecule has 0 N–H and O–H groups in total. The Kier molecular flexibility index (Phi) is 5.61. The highest BCUT2D eigenvalue weighted by atomic mass is 15.3. The van der Waals surface area contributed by atoms with Gasteiger partial charge in [-0.3, -0.25) is 4.99 Å². The van der Waals surface area contributed by atoms with Crippen molar-refractivity contribution in [2.45, 2.75) is 27.2 Å². The minimum absolute atomic E-state index is 0.871. The zero-order chi connectivity index (χ0) is 8.69. The van der Waals surface area contributed by atoms with Crippen molar-refractivity contribution in [1.82, 2.24) is 0 Å². The molecule has 0 radical (unpaired) electrons. The van der Waals surface area contributed by atoms with E-state index in [1.807, 2.05) is 18.7 Å². The predicted octanol–water partition coefficient (Wildman–Crippen LogP) is 1.93. The number of nitrogens with zero attached hydrogens (tertiary/aromatic N) is 3. The van der Waals surface area contributed by atoms with Crippen LogP contribution in [-0.4, -0.2) is 30.7 Å². The summed E-state index contributed by atoms with van der Waals surface area (Å²) in [5.41, 5.74) is 0. The highest BCUT2D eigenvalue weighted by Gasteiger charge is 1.93. The van der Waals surface area contributed by atoms with E-state index in [1.165, 1.54) is 0 Å². The lowest BCUT2D eigenvalue weighted by atomic mass is 10.5. The molecule has 0 aliphatic heterocycles. The van der Waals surface area contributed by atoms with Crippen LogP contribution in [0.25, 0.3) is 0 Å². The van der Waals surface area contributed by atoms with Crippen LogP contribution in [0.3, 0.4) is 0 Å². The third-order valence-electron chi connectivity index (χ3n) is 1.34. The fraction of sp³-hybridized carbons (Fsp3) is 0.875. The maximum Gasteiger partial charge on any atom is 0.187 e. The van der Waals surface area contributed by atoms with Gasteiger partial charge in [-0.1, -0.05) is 6.92 Å². The molecule has 0 spiro atoms. The van der Waals surface area contributed by atoms with Crippen LogP contribution >= 0.6 is 0 Å². The fourth-order valence-corrected chi connectivity index (χ4v) is 0.623. The zero-order valence-corrected chi connectivity index (χ0v) is 7.96. The van der Waals surface area contributed by atoms with Crippen LogP contribution in [0.1, 0.15) is 27.2 Å². The molecule has 0 bridgehead atoms. The molecule has 0 atom stereocenters. The van der Waals surface area contributed by atoms with E-state index in [2.05, 4.69) is 24.0 Å². The van der Waals surface area contributed by atoms with Crippen molar-refractivity contribution in [1.29, 1.82) is 0 Å². The normalized spacial score (nSPS) is 13.8. The first-order chi connectivity index (χ1) is 5.20. The molecule has 0 aromatic heterocycles. The second-order valence-corrected chi connectivity index (χ2v) is 2.50. The van der Waals surface area contributed by atoms with Crippen molar-refractivity contribution in [3.63, 3.8) is 0 Å². The predicted molar refractivity (Wildman–Crippen MR) is 47.4 cm³/mol. The quantitative estimate of drug-likeness (QED) is 0.258. The molecule has 0 aliphatic rings. The van der Waals surface area contributed by atoms with Gasteiger partial charge in [0.2, 0.25) is 0 Å². The largest absolute Gasteiger partial charge is 0.266 e. The lowest BCUT2D eigenvalue weighted by molar-refractivity contribution is -0.556. The average Bonchev–Trinajstić information content (AvgIpc) is 2.00. The summed E-state index contributed by atoms with van der Waals surface area (Å²) in [4.78, 5) is 4.24. The van der Waals surface area contributed by atoms with Gasteiger partial charge in [-0.15, -0.1) is 4.70 Å². The van der Waals surface area contributed by atoms with Gasteiger partial charge in [0.25, 0.3) is 0 Å². The summed E-state index contributed by atoms with van der Waals surface area (Å²) in [6, 6.07) is 0. The molecule has 0 amide bonds. The first-order valence-corrected chi connectivity index (χ1v) is 4.14. The van der Waals surface area contributed by atoms with Crippen molar-refractivity contribution in [3.8, 4) is 0 Å². The Hall–Kier alpha value is -0.730. The van der Waals surface area contributed by atoms with Gasteiger partial charge in [-0.05, 0) is 13.3 Å². The van der Waals surface area contributed by atoms with Gasteiger partial charge in [-0.2, -0.15) is 0 Å². The van der Waals surface area contributed by atoms with Crippen molar-refractivity contribution in [2.24, 2.45) is 10.1 Å². The Labute approximate surface area is 68.8 Å². The molecule has 0 aliphatic carbocycles. The van der Waals surface area contributed by atoms with E-state index >= 15 is 0 Å². The first-order valence-electron chi connectivity index (χ1n) is 4.14. The SMILES string of the molecule is CCCN=C(C)N=[N+](C)CC. The monoisotopic (exact) mass is 156 g/mol.